The minimum Gasteiger partial charge on any atom is -0.462 e. The summed E-state index contributed by atoms with van der Waals surface area (Å²) in [5.74, 6) is -0.610. The summed E-state index contributed by atoms with van der Waals surface area (Å²) in [6.07, 6.45) is 88.5. The standard InChI is InChI=1S/C65H106O5/c1-3-5-7-9-11-13-15-17-19-21-23-24-25-26-27-28-29-30-31-32-33-34-35-36-37-38-39-40-42-44-46-48-50-52-54-56-58-60-65(68)70-63(61-66)62-69-64(67)59-57-55-53-51-49-47-45-43-41-22-20-18-16-14-12-10-8-6-4-2/h5-8,11-14,17-20,23-24,26-27,29-30,32-33,41,43,63,66H,3-4,9-10,15-16,21-22,25,28,31,34-40,42,44-62H2,1-2H3/b7-5-,8-6-,13-11-,14-12-,19-17-,20-18-,24-23-,27-26-,30-29-,33-32-,43-41-. The van der Waals surface area contributed by atoms with Crippen LogP contribution < -0.4 is 0 Å². The predicted molar refractivity (Wildman–Crippen MR) is 306 cm³/mol. The van der Waals surface area contributed by atoms with Crippen molar-refractivity contribution in [1.82, 2.24) is 0 Å². The molecule has 396 valence electrons. The maximum Gasteiger partial charge on any atom is 0.306 e. The number of aliphatic hydroxyl groups excluding tert-OH is 1. The van der Waals surface area contributed by atoms with Crippen molar-refractivity contribution in [3.8, 4) is 0 Å². The van der Waals surface area contributed by atoms with E-state index in [9.17, 15) is 14.7 Å². The molecular weight excluding hydrogens is 861 g/mol. The summed E-state index contributed by atoms with van der Waals surface area (Å²) < 4.78 is 10.7. The number of hydrogen-bond acceptors (Lipinski definition) is 5. The lowest BCUT2D eigenvalue weighted by Crippen LogP contribution is -2.28. The van der Waals surface area contributed by atoms with Crippen LogP contribution in [0.5, 0.6) is 0 Å². The van der Waals surface area contributed by atoms with Gasteiger partial charge in [0.25, 0.3) is 0 Å². The molecule has 0 saturated heterocycles. The molecular formula is C65H106O5. The molecule has 0 aliphatic heterocycles. The molecule has 0 rings (SSSR count). The molecule has 0 aromatic carbocycles. The lowest BCUT2D eigenvalue weighted by molar-refractivity contribution is -0.161. The van der Waals surface area contributed by atoms with Gasteiger partial charge in [0.1, 0.15) is 6.61 Å². The van der Waals surface area contributed by atoms with Gasteiger partial charge in [-0.15, -0.1) is 0 Å². The SMILES string of the molecule is CC/C=C\C/C=C\C/C=C\C/C=C\C/C=C\C/C=C\C/C=C\CCCCCCCCCCCCCCCCCC(=O)OC(CO)COC(=O)CCCCCCCC/C=C\C/C=C\C/C=C\C/C=C\CC. The van der Waals surface area contributed by atoms with Crippen molar-refractivity contribution >= 4 is 11.9 Å². The van der Waals surface area contributed by atoms with E-state index in [-0.39, 0.29) is 25.2 Å². The van der Waals surface area contributed by atoms with E-state index in [2.05, 4.69) is 148 Å². The van der Waals surface area contributed by atoms with Crippen LogP contribution in [0.15, 0.2) is 134 Å². The number of carbonyl (C=O) groups excluding carboxylic acids is 2. The van der Waals surface area contributed by atoms with Crippen LogP contribution in [0.2, 0.25) is 0 Å². The van der Waals surface area contributed by atoms with E-state index in [1.165, 1.54) is 103 Å². The molecule has 0 heterocycles. The van der Waals surface area contributed by atoms with Crippen LogP contribution >= 0.6 is 0 Å². The second kappa shape index (κ2) is 59.3. The molecule has 0 aliphatic carbocycles. The van der Waals surface area contributed by atoms with E-state index >= 15 is 0 Å². The van der Waals surface area contributed by atoms with Gasteiger partial charge in [0, 0.05) is 12.8 Å². The summed E-state index contributed by atoms with van der Waals surface area (Å²) in [5.41, 5.74) is 0. The molecule has 1 N–H and O–H groups in total. The fourth-order valence-electron chi connectivity index (χ4n) is 7.70. The highest BCUT2D eigenvalue weighted by molar-refractivity contribution is 5.70. The van der Waals surface area contributed by atoms with Crippen LogP contribution in [0.25, 0.3) is 0 Å². The van der Waals surface area contributed by atoms with Crippen molar-refractivity contribution in [2.24, 2.45) is 0 Å². The zero-order chi connectivity index (χ0) is 50.6. The van der Waals surface area contributed by atoms with E-state index in [0.717, 1.165) is 116 Å². The Hall–Kier alpha value is -3.96. The van der Waals surface area contributed by atoms with Gasteiger partial charge in [0.2, 0.25) is 0 Å². The van der Waals surface area contributed by atoms with Crippen molar-refractivity contribution in [3.63, 3.8) is 0 Å². The quantitative estimate of drug-likeness (QED) is 0.0374. The molecule has 0 bridgehead atoms. The summed E-state index contributed by atoms with van der Waals surface area (Å²) in [4.78, 5) is 24.5. The van der Waals surface area contributed by atoms with Gasteiger partial charge in [-0.05, 0) is 109 Å². The first kappa shape index (κ1) is 66.0. The summed E-state index contributed by atoms with van der Waals surface area (Å²) >= 11 is 0. The molecule has 1 atom stereocenters. The van der Waals surface area contributed by atoms with E-state index in [0.29, 0.717) is 12.8 Å². The third kappa shape index (κ3) is 56.6. The third-order valence-corrected chi connectivity index (χ3v) is 11.9. The molecule has 0 aromatic heterocycles. The van der Waals surface area contributed by atoms with Crippen molar-refractivity contribution in [3.05, 3.63) is 134 Å². The number of hydrogen-bond donors (Lipinski definition) is 1. The Morgan fingerprint density at radius 2 is 0.571 bits per heavy atom. The van der Waals surface area contributed by atoms with Crippen molar-refractivity contribution in [2.75, 3.05) is 13.2 Å². The molecule has 70 heavy (non-hydrogen) atoms. The molecule has 0 saturated carbocycles. The Kier molecular flexibility index (Phi) is 56.0. The smallest absolute Gasteiger partial charge is 0.306 e. The topological polar surface area (TPSA) is 72.8 Å². The Labute approximate surface area is 432 Å². The Morgan fingerprint density at radius 3 is 0.857 bits per heavy atom. The van der Waals surface area contributed by atoms with Gasteiger partial charge in [-0.2, -0.15) is 0 Å². The predicted octanol–water partition coefficient (Wildman–Crippen LogP) is 19.6. The normalized spacial score (nSPS) is 13.2. The molecule has 1 unspecified atom stereocenters. The molecule has 5 nitrogen and oxygen atoms in total. The zero-order valence-electron chi connectivity index (χ0n) is 45.2. The lowest BCUT2D eigenvalue weighted by atomic mass is 10.0. The van der Waals surface area contributed by atoms with Gasteiger partial charge in [0.15, 0.2) is 6.10 Å². The second-order valence-electron chi connectivity index (χ2n) is 18.6. The zero-order valence-corrected chi connectivity index (χ0v) is 45.2. The maximum absolute atomic E-state index is 12.3. The molecule has 5 heteroatoms. The van der Waals surface area contributed by atoms with Gasteiger partial charge in [-0.3, -0.25) is 9.59 Å². The first-order valence-electron chi connectivity index (χ1n) is 28.7. The number of ether oxygens (including phenoxy) is 2. The van der Waals surface area contributed by atoms with E-state index in [4.69, 9.17) is 9.47 Å². The minimum atomic E-state index is -0.787. The molecule has 0 spiro atoms. The van der Waals surface area contributed by atoms with Gasteiger partial charge >= 0.3 is 11.9 Å². The first-order chi connectivity index (χ1) is 34.6. The fraction of sp³-hybridized carbons (Fsp3) is 0.631. The van der Waals surface area contributed by atoms with E-state index < -0.39 is 6.10 Å². The molecule has 0 aliphatic rings. The largest absolute Gasteiger partial charge is 0.462 e. The number of rotatable bonds is 51. The molecule has 0 radical (unpaired) electrons. The van der Waals surface area contributed by atoms with Gasteiger partial charge in [-0.1, -0.05) is 257 Å². The molecule has 0 amide bonds. The second-order valence-corrected chi connectivity index (χ2v) is 18.6. The highest BCUT2D eigenvalue weighted by atomic mass is 16.6. The minimum absolute atomic E-state index is 0.0793. The number of allylic oxidation sites excluding steroid dienone is 22. The Morgan fingerprint density at radius 1 is 0.329 bits per heavy atom. The highest BCUT2D eigenvalue weighted by Gasteiger charge is 2.16. The molecule has 0 fully saturated rings. The average molecular weight is 968 g/mol. The van der Waals surface area contributed by atoms with Gasteiger partial charge < -0.3 is 14.6 Å². The van der Waals surface area contributed by atoms with Crippen molar-refractivity contribution in [2.45, 2.75) is 251 Å². The summed E-state index contributed by atoms with van der Waals surface area (Å²) in [6.45, 7) is 3.90. The Balaban J connectivity index is 3.53. The number of unbranched alkanes of at least 4 members (excludes halogenated alkanes) is 21. The summed E-state index contributed by atoms with van der Waals surface area (Å²) in [6, 6.07) is 0. The average Bonchev–Trinajstić information content (AvgIpc) is 3.36. The van der Waals surface area contributed by atoms with Crippen LogP contribution in [-0.4, -0.2) is 36.4 Å². The monoisotopic (exact) mass is 967 g/mol. The van der Waals surface area contributed by atoms with Crippen LogP contribution in [0.3, 0.4) is 0 Å². The van der Waals surface area contributed by atoms with Crippen LogP contribution in [0, 0.1) is 0 Å². The summed E-state index contributed by atoms with van der Waals surface area (Å²) in [5, 5.41) is 9.65. The Bertz CT molecular complexity index is 1470. The van der Waals surface area contributed by atoms with Crippen LogP contribution in [-0.2, 0) is 19.1 Å². The number of esters is 2. The third-order valence-electron chi connectivity index (χ3n) is 11.9. The molecule has 0 aromatic rings. The van der Waals surface area contributed by atoms with Crippen LogP contribution in [0.4, 0.5) is 0 Å². The van der Waals surface area contributed by atoms with E-state index in [1.807, 2.05) is 0 Å². The van der Waals surface area contributed by atoms with Crippen LogP contribution in [0.1, 0.15) is 245 Å². The highest BCUT2D eigenvalue weighted by Crippen LogP contribution is 2.15. The first-order valence-corrected chi connectivity index (χ1v) is 28.7. The summed E-state index contributed by atoms with van der Waals surface area (Å²) in [7, 11) is 0. The van der Waals surface area contributed by atoms with Crippen molar-refractivity contribution < 1.29 is 24.2 Å². The number of carbonyl (C=O) groups is 2. The van der Waals surface area contributed by atoms with E-state index in [1.54, 1.807) is 0 Å². The van der Waals surface area contributed by atoms with Gasteiger partial charge in [0.05, 0.1) is 6.61 Å². The van der Waals surface area contributed by atoms with Gasteiger partial charge in [-0.25, -0.2) is 0 Å². The van der Waals surface area contributed by atoms with Crippen molar-refractivity contribution in [1.29, 1.82) is 0 Å². The maximum atomic E-state index is 12.3. The lowest BCUT2D eigenvalue weighted by Gasteiger charge is -2.15. The number of aliphatic hydroxyl groups is 1. The fourth-order valence-corrected chi connectivity index (χ4v) is 7.70.